The largest absolute Gasteiger partial charge is 0.466 e. The number of ether oxygens (including phenoxy) is 3. The number of aromatic nitrogens is 5. The van der Waals surface area contributed by atoms with Crippen LogP contribution in [-0.4, -0.2) is 92.1 Å². The third-order valence-electron chi connectivity index (χ3n) is 5.13. The maximum Gasteiger partial charge on any atom is 0.257 e. The maximum absolute atomic E-state index is 10.0. The molecule has 14 heteroatoms. The lowest BCUT2D eigenvalue weighted by Crippen LogP contribution is -2.35. The van der Waals surface area contributed by atoms with Gasteiger partial charge in [0.05, 0.1) is 55.6 Å². The molecule has 0 bridgehead atoms. The lowest BCUT2D eigenvalue weighted by Gasteiger charge is -2.20. The molecule has 2 N–H and O–H groups in total. The summed E-state index contributed by atoms with van der Waals surface area (Å²) in [6.45, 7) is 2.66. The fraction of sp³-hybridized carbons (Fsp3) is 0.474. The number of nitrogens with zero attached hydrogens (tertiary/aromatic N) is 6. The molecule has 1 unspecified atom stereocenters. The smallest absolute Gasteiger partial charge is 0.257 e. The minimum Gasteiger partial charge on any atom is -0.466 e. The van der Waals surface area contributed by atoms with Gasteiger partial charge in [-0.15, -0.1) is 5.10 Å². The number of hydrogen-bond acceptors (Lipinski definition) is 9. The van der Waals surface area contributed by atoms with Crippen LogP contribution in [0.3, 0.4) is 0 Å². The fourth-order valence-electron chi connectivity index (χ4n) is 3.55. The number of nitriles is 1. The van der Waals surface area contributed by atoms with E-state index in [1.54, 1.807) is 23.9 Å². The number of anilines is 2. The van der Waals surface area contributed by atoms with Crippen molar-refractivity contribution >= 4 is 46.2 Å². The van der Waals surface area contributed by atoms with E-state index in [1.165, 1.54) is 6.20 Å². The molecule has 33 heavy (non-hydrogen) atoms. The Morgan fingerprint density at radius 3 is 2.85 bits per heavy atom. The molecule has 1 saturated heterocycles. The second-order valence-electron chi connectivity index (χ2n) is 7.85. The minimum atomic E-state index is -1.79. The van der Waals surface area contributed by atoms with Gasteiger partial charge in [-0.2, -0.15) is 10.2 Å². The average molecular weight is 443 g/mol. The van der Waals surface area contributed by atoms with Gasteiger partial charge in [-0.3, -0.25) is 4.68 Å². The molecule has 0 amide bonds. The Morgan fingerprint density at radius 2 is 2.21 bits per heavy atom. The van der Waals surface area contributed by atoms with Crippen molar-refractivity contribution < 1.29 is 19.3 Å². The van der Waals surface area contributed by atoms with Crippen LogP contribution in [0.1, 0.15) is 18.7 Å². The number of methoxy groups -OCH3 is 1. The Labute approximate surface area is 194 Å². The topological polar surface area (TPSA) is 132 Å². The first-order valence-electron chi connectivity index (χ1n) is 10.1. The van der Waals surface area contributed by atoms with Crippen molar-refractivity contribution in [3.63, 3.8) is 0 Å². The summed E-state index contributed by atoms with van der Waals surface area (Å²) < 4.78 is 19.2. The highest BCUT2D eigenvalue weighted by Crippen LogP contribution is 2.30. The molecule has 3 aromatic rings. The molecule has 0 aromatic carbocycles. The Kier molecular flexibility index (Phi) is 6.38. The zero-order valence-corrected chi connectivity index (χ0v) is 18.2. The van der Waals surface area contributed by atoms with Crippen LogP contribution < -0.4 is 10.1 Å². The summed E-state index contributed by atoms with van der Waals surface area (Å²) in [5, 5.41) is 25.7. The van der Waals surface area contributed by atoms with Crippen LogP contribution in [0.2, 0.25) is 0 Å². The number of rotatable bonds is 8. The third-order valence-corrected chi connectivity index (χ3v) is 5.13. The van der Waals surface area contributed by atoms with Crippen molar-refractivity contribution in [2.24, 2.45) is 0 Å². The van der Waals surface area contributed by atoms with E-state index in [2.05, 4.69) is 26.5 Å². The Bertz CT molecular complexity index is 1190. The Balaban J connectivity index is 1.70. The summed E-state index contributed by atoms with van der Waals surface area (Å²) in [4.78, 5) is 8.89. The highest BCUT2D eigenvalue weighted by atomic mass is 16.6. The monoisotopic (exact) mass is 443 g/mol. The first kappa shape index (κ1) is 23.2. The molecule has 3 atom stereocenters. The van der Waals surface area contributed by atoms with Crippen LogP contribution in [-0.2, 0) is 14.7 Å². The van der Waals surface area contributed by atoms with E-state index < -0.39 is 17.4 Å². The second-order valence-corrected chi connectivity index (χ2v) is 7.85. The minimum absolute atomic E-state index is 0.0832. The highest BCUT2D eigenvalue weighted by molar-refractivity contribution is 6.56. The van der Waals surface area contributed by atoms with Crippen molar-refractivity contribution in [1.82, 2.24) is 24.3 Å². The number of aliphatic hydroxyl groups excluding tert-OH is 1. The molecule has 1 aliphatic heterocycles. The molecular weight excluding hydrogens is 423 g/mol. The van der Waals surface area contributed by atoms with Gasteiger partial charge in [0.15, 0.2) is 6.10 Å². The van der Waals surface area contributed by atoms with Crippen LogP contribution in [0.4, 0.5) is 11.6 Å². The van der Waals surface area contributed by atoms with Gasteiger partial charge < -0.3 is 29.2 Å². The van der Waals surface area contributed by atoms with Gasteiger partial charge in [0.25, 0.3) is 5.88 Å². The van der Waals surface area contributed by atoms with E-state index >= 15 is 0 Å². The van der Waals surface area contributed by atoms with Crippen LogP contribution >= 0.6 is 0 Å². The predicted octanol–water partition coefficient (Wildman–Crippen LogP) is -0.338. The Morgan fingerprint density at radius 1 is 1.42 bits per heavy atom. The van der Waals surface area contributed by atoms with E-state index in [-0.39, 0.29) is 31.1 Å². The van der Waals surface area contributed by atoms with Gasteiger partial charge in [-0.25, -0.2) is 4.98 Å². The number of nitrogens with one attached hydrogen (secondary N) is 1. The molecule has 3 aromatic heterocycles. The normalized spacial score (nSPS) is 19.5. The van der Waals surface area contributed by atoms with Gasteiger partial charge >= 0.3 is 0 Å². The molecule has 6 radical (unpaired) electrons. The molecular formula is C19H20B3N7O4. The van der Waals surface area contributed by atoms with E-state index in [4.69, 9.17) is 37.7 Å². The number of aliphatic hydroxyl groups is 1. The quantitative estimate of drug-likeness (QED) is 0.449. The van der Waals surface area contributed by atoms with E-state index in [0.29, 0.717) is 29.0 Å². The van der Waals surface area contributed by atoms with Gasteiger partial charge in [0.1, 0.15) is 29.2 Å². The molecule has 4 heterocycles. The van der Waals surface area contributed by atoms with Crippen molar-refractivity contribution in [3.8, 4) is 11.9 Å². The second kappa shape index (κ2) is 9.09. The van der Waals surface area contributed by atoms with Crippen LogP contribution in [0.5, 0.6) is 5.88 Å². The lowest BCUT2D eigenvalue weighted by atomic mass is 9.49. The molecule has 1 fully saturated rings. The molecule has 4 rings (SSSR count). The van der Waals surface area contributed by atoms with Gasteiger partial charge in [-0.05, 0) is 18.2 Å². The van der Waals surface area contributed by atoms with Crippen molar-refractivity contribution in [3.05, 3.63) is 24.2 Å². The predicted molar refractivity (Wildman–Crippen MR) is 121 cm³/mol. The molecule has 0 aliphatic carbocycles. The van der Waals surface area contributed by atoms with Crippen LogP contribution in [0.25, 0.3) is 11.0 Å². The highest BCUT2D eigenvalue weighted by Gasteiger charge is 2.30. The summed E-state index contributed by atoms with van der Waals surface area (Å²) in [7, 11) is 18.9. The van der Waals surface area contributed by atoms with E-state index in [9.17, 15) is 10.4 Å². The zero-order valence-electron chi connectivity index (χ0n) is 18.2. The van der Waals surface area contributed by atoms with Gasteiger partial charge in [0.2, 0.25) is 5.95 Å². The molecule has 0 saturated carbocycles. The summed E-state index contributed by atoms with van der Waals surface area (Å²) >= 11 is 0. The third kappa shape index (κ3) is 4.71. The van der Waals surface area contributed by atoms with Crippen LogP contribution in [0, 0.1) is 11.3 Å². The van der Waals surface area contributed by atoms with Gasteiger partial charge in [-0.1, -0.05) is 0 Å². The average Bonchev–Trinajstić information content (AvgIpc) is 3.45. The molecule has 0 spiro atoms. The molecule has 164 valence electrons. The zero-order chi connectivity index (χ0) is 23.8. The van der Waals surface area contributed by atoms with Crippen LogP contribution in [0.15, 0.2) is 18.5 Å². The van der Waals surface area contributed by atoms with Crippen molar-refractivity contribution in [2.75, 3.05) is 32.2 Å². The maximum atomic E-state index is 10.0. The summed E-state index contributed by atoms with van der Waals surface area (Å²) in [5.74, 6) is 0.292. The lowest BCUT2D eigenvalue weighted by molar-refractivity contribution is 0.0703. The molecule has 1 aliphatic rings. The van der Waals surface area contributed by atoms with E-state index in [0.717, 1.165) is 4.68 Å². The first-order valence-corrected chi connectivity index (χ1v) is 10.1. The number of fused-ring (bicyclic) bond motifs is 1. The first-order chi connectivity index (χ1) is 15.7. The van der Waals surface area contributed by atoms with E-state index in [1.807, 2.05) is 6.92 Å². The standard InChI is InChI=1S/C19H20B3N7O4/c1-10(7-31-2)29-12(4-23)3-11-5-24-18(26-16(11)29)25-13-6-28(19(20,21)22)27-17(13)33-15-9-32-8-14(15)30/h3,5-6,10,14-15,30H,7-9H2,1-2H3,(H,24,25,26)/t10-,14?,15+/m0/s1. The summed E-state index contributed by atoms with van der Waals surface area (Å²) in [5.41, 5.74) is 1.31. The van der Waals surface area contributed by atoms with Crippen molar-refractivity contribution in [2.45, 2.75) is 30.4 Å². The SMILES string of the molecule is [B]C([B])([B])n1cc(Nc2ncc3cc(C#N)n([C@@H](C)COC)c3n2)c(O[C@@H]2COCC2O)n1. The fourth-order valence-corrected chi connectivity index (χ4v) is 3.55. The molecule has 11 nitrogen and oxygen atoms in total. The number of hydrogen-bond donors (Lipinski definition) is 2. The summed E-state index contributed by atoms with van der Waals surface area (Å²) in [6.07, 6.45) is 1.59. The van der Waals surface area contributed by atoms with Crippen molar-refractivity contribution in [1.29, 1.82) is 5.26 Å². The summed E-state index contributed by atoms with van der Waals surface area (Å²) in [6, 6.07) is 3.75. The van der Waals surface area contributed by atoms with Gasteiger partial charge in [0, 0.05) is 18.7 Å². The Hall–Kier alpha value is -3.01.